The Balaban J connectivity index is 1.51. The van der Waals surface area contributed by atoms with E-state index < -0.39 is 11.7 Å². The van der Waals surface area contributed by atoms with Crippen LogP contribution in [0.5, 0.6) is 0 Å². The average molecular weight is 510 g/mol. The molecule has 4 N–H and O–H groups in total. The number of rotatable bonds is 6. The molecule has 166 valence electrons. The molecule has 0 fully saturated rings. The molecule has 0 atom stereocenters. The Hall–Kier alpha value is -3.89. The van der Waals surface area contributed by atoms with Crippen molar-refractivity contribution >= 4 is 55.8 Å². The highest BCUT2D eigenvalue weighted by molar-refractivity contribution is 9.10. The first-order chi connectivity index (χ1) is 15.9. The van der Waals surface area contributed by atoms with Crippen LogP contribution in [0.3, 0.4) is 0 Å². The molecule has 10 heteroatoms. The van der Waals surface area contributed by atoms with Crippen molar-refractivity contribution < 1.29 is 19.2 Å². The summed E-state index contributed by atoms with van der Waals surface area (Å²) in [5, 5.41) is 15.2. The van der Waals surface area contributed by atoms with Crippen LogP contribution in [0.1, 0.15) is 15.9 Å². The zero-order valence-corrected chi connectivity index (χ0v) is 18.6. The average Bonchev–Trinajstić information content (AvgIpc) is 2.82. The third-order valence-electron chi connectivity index (χ3n) is 4.78. The summed E-state index contributed by atoms with van der Waals surface area (Å²) in [6.45, 7) is 0. The van der Waals surface area contributed by atoms with Gasteiger partial charge in [0.2, 0.25) is 5.91 Å². The SMILES string of the molecule is O=C(Cc1ccc(C(=O)NO)cc1)Nc1ccc2ncnc(Nc3ccc(Br)c(F)c3)c2c1. The number of benzene rings is 3. The Morgan fingerprint density at radius 1 is 0.970 bits per heavy atom. The first kappa shape index (κ1) is 22.3. The maximum Gasteiger partial charge on any atom is 0.274 e. The van der Waals surface area contributed by atoms with Gasteiger partial charge < -0.3 is 10.6 Å². The van der Waals surface area contributed by atoms with Gasteiger partial charge in [0.25, 0.3) is 5.91 Å². The van der Waals surface area contributed by atoms with Gasteiger partial charge in [-0.2, -0.15) is 0 Å². The topological polar surface area (TPSA) is 116 Å². The second kappa shape index (κ2) is 9.72. The summed E-state index contributed by atoms with van der Waals surface area (Å²) in [6, 6.07) is 16.2. The third-order valence-corrected chi connectivity index (χ3v) is 5.43. The van der Waals surface area contributed by atoms with Crippen LogP contribution in [0, 0.1) is 5.82 Å². The molecule has 4 rings (SSSR count). The number of nitrogens with zero attached hydrogens (tertiary/aromatic N) is 2. The van der Waals surface area contributed by atoms with Gasteiger partial charge in [-0.15, -0.1) is 0 Å². The lowest BCUT2D eigenvalue weighted by molar-refractivity contribution is -0.115. The number of hydrogen-bond acceptors (Lipinski definition) is 6. The molecule has 0 aliphatic carbocycles. The lowest BCUT2D eigenvalue weighted by Gasteiger charge is -2.11. The van der Waals surface area contributed by atoms with Crippen LogP contribution >= 0.6 is 15.9 Å². The largest absolute Gasteiger partial charge is 0.340 e. The van der Waals surface area contributed by atoms with Crippen LogP contribution in [-0.2, 0) is 11.2 Å². The van der Waals surface area contributed by atoms with E-state index in [1.54, 1.807) is 47.9 Å². The molecule has 33 heavy (non-hydrogen) atoms. The lowest BCUT2D eigenvalue weighted by atomic mass is 10.1. The second-order valence-corrected chi connectivity index (χ2v) is 7.93. The molecule has 0 bridgehead atoms. The molecule has 0 saturated heterocycles. The number of hydrogen-bond donors (Lipinski definition) is 4. The molecule has 4 aromatic rings. The molecule has 8 nitrogen and oxygen atoms in total. The summed E-state index contributed by atoms with van der Waals surface area (Å²) in [4.78, 5) is 32.4. The van der Waals surface area contributed by atoms with Crippen LogP contribution in [0.4, 0.5) is 21.6 Å². The minimum absolute atomic E-state index is 0.0909. The van der Waals surface area contributed by atoms with Crippen molar-refractivity contribution in [2.24, 2.45) is 0 Å². The van der Waals surface area contributed by atoms with E-state index in [2.05, 4.69) is 36.5 Å². The van der Waals surface area contributed by atoms with Crippen molar-refractivity contribution in [3.63, 3.8) is 0 Å². The zero-order valence-electron chi connectivity index (χ0n) is 17.0. The molecule has 0 aliphatic rings. The van der Waals surface area contributed by atoms with Crippen molar-refractivity contribution in [3.8, 4) is 0 Å². The molecule has 2 amide bonds. The smallest absolute Gasteiger partial charge is 0.274 e. The molecule has 0 saturated carbocycles. The molecule has 0 radical (unpaired) electrons. The van der Waals surface area contributed by atoms with E-state index in [4.69, 9.17) is 5.21 Å². The molecule has 1 aromatic heterocycles. The number of anilines is 3. The highest BCUT2D eigenvalue weighted by atomic mass is 79.9. The summed E-state index contributed by atoms with van der Waals surface area (Å²) in [6.07, 6.45) is 1.49. The number of carbonyl (C=O) groups excluding carboxylic acids is 2. The lowest BCUT2D eigenvalue weighted by Crippen LogP contribution is -2.18. The fourth-order valence-electron chi connectivity index (χ4n) is 3.17. The number of aromatic nitrogens is 2. The van der Waals surface area contributed by atoms with E-state index in [0.717, 1.165) is 0 Å². The molecule has 0 aliphatic heterocycles. The molecular weight excluding hydrogens is 493 g/mol. The van der Waals surface area contributed by atoms with E-state index >= 15 is 0 Å². The quantitative estimate of drug-likeness (QED) is 0.223. The van der Waals surface area contributed by atoms with Crippen molar-refractivity contribution in [3.05, 3.63) is 88.4 Å². The van der Waals surface area contributed by atoms with Gasteiger partial charge in [0.05, 0.1) is 16.4 Å². The van der Waals surface area contributed by atoms with Crippen LogP contribution < -0.4 is 16.1 Å². The highest BCUT2D eigenvalue weighted by Crippen LogP contribution is 2.27. The first-order valence-electron chi connectivity index (χ1n) is 9.73. The van der Waals surface area contributed by atoms with E-state index in [0.29, 0.717) is 38.1 Å². The van der Waals surface area contributed by atoms with Crippen molar-refractivity contribution in [1.82, 2.24) is 15.4 Å². The van der Waals surface area contributed by atoms with Crippen molar-refractivity contribution in [2.45, 2.75) is 6.42 Å². The number of carbonyl (C=O) groups is 2. The summed E-state index contributed by atoms with van der Waals surface area (Å²) >= 11 is 3.13. The fraction of sp³-hybridized carbons (Fsp3) is 0.0435. The van der Waals surface area contributed by atoms with Crippen LogP contribution in [0.15, 0.2) is 71.5 Å². The maximum absolute atomic E-state index is 13.9. The number of hydroxylamine groups is 1. The second-order valence-electron chi connectivity index (χ2n) is 7.07. The standard InChI is InChI=1S/C23H17BrFN5O3/c24-18-7-5-16(11-19(18)25)29-22-17-10-15(6-8-20(17)26-12-27-22)28-21(31)9-13-1-3-14(4-2-13)23(32)30-33/h1-8,10-12,33H,9H2,(H,28,31)(H,30,32)(H,26,27,29). The Bertz CT molecular complexity index is 1350. The van der Waals surface area contributed by atoms with Crippen molar-refractivity contribution in [2.75, 3.05) is 10.6 Å². The summed E-state index contributed by atoms with van der Waals surface area (Å²) in [5.74, 6) is -0.818. The van der Waals surface area contributed by atoms with Crippen LogP contribution in [0.25, 0.3) is 10.9 Å². The Morgan fingerprint density at radius 2 is 1.73 bits per heavy atom. The predicted molar refractivity (Wildman–Crippen MR) is 125 cm³/mol. The normalized spacial score (nSPS) is 10.6. The van der Waals surface area contributed by atoms with Gasteiger partial charge in [0, 0.05) is 22.3 Å². The van der Waals surface area contributed by atoms with Gasteiger partial charge in [-0.3, -0.25) is 14.8 Å². The van der Waals surface area contributed by atoms with Gasteiger partial charge in [0.15, 0.2) is 0 Å². The van der Waals surface area contributed by atoms with Crippen molar-refractivity contribution in [1.29, 1.82) is 0 Å². The molecular formula is C23H17BrFN5O3. The summed E-state index contributed by atoms with van der Waals surface area (Å²) < 4.78 is 14.2. The number of halogens is 2. The molecule has 1 heterocycles. The number of fused-ring (bicyclic) bond motifs is 1. The minimum Gasteiger partial charge on any atom is -0.340 e. The number of nitrogens with one attached hydrogen (secondary N) is 3. The van der Waals surface area contributed by atoms with Gasteiger partial charge in [0.1, 0.15) is 18.0 Å². The predicted octanol–water partition coefficient (Wildman–Crippen LogP) is 4.58. The zero-order chi connectivity index (χ0) is 23.4. The third kappa shape index (κ3) is 5.30. The highest BCUT2D eigenvalue weighted by Gasteiger charge is 2.10. The molecule has 0 spiro atoms. The van der Waals surface area contributed by atoms with Gasteiger partial charge in [-0.25, -0.2) is 19.8 Å². The Labute approximate surface area is 196 Å². The van der Waals surface area contributed by atoms with Gasteiger partial charge in [-0.1, -0.05) is 12.1 Å². The minimum atomic E-state index is -0.625. The number of amides is 2. The van der Waals surface area contributed by atoms with Gasteiger partial charge in [-0.05, 0) is 70.0 Å². The molecule has 0 unspecified atom stereocenters. The molecule has 3 aromatic carbocycles. The maximum atomic E-state index is 13.9. The van der Waals surface area contributed by atoms with Crippen LogP contribution in [-0.4, -0.2) is 27.0 Å². The first-order valence-corrected chi connectivity index (χ1v) is 10.5. The van der Waals surface area contributed by atoms with Gasteiger partial charge >= 0.3 is 0 Å². The summed E-state index contributed by atoms with van der Waals surface area (Å²) in [7, 11) is 0. The Morgan fingerprint density at radius 3 is 2.45 bits per heavy atom. The monoisotopic (exact) mass is 509 g/mol. The summed E-state index contributed by atoms with van der Waals surface area (Å²) in [5.41, 5.74) is 4.25. The van der Waals surface area contributed by atoms with Crippen LogP contribution in [0.2, 0.25) is 0 Å². The Kier molecular flexibility index (Phi) is 6.57. The fourth-order valence-corrected chi connectivity index (χ4v) is 3.42. The van der Waals surface area contributed by atoms with E-state index in [-0.39, 0.29) is 17.9 Å². The van der Waals surface area contributed by atoms with E-state index in [1.807, 2.05) is 0 Å². The van der Waals surface area contributed by atoms with E-state index in [1.165, 1.54) is 24.5 Å². The van der Waals surface area contributed by atoms with E-state index in [9.17, 15) is 14.0 Å².